The fourth-order valence-corrected chi connectivity index (χ4v) is 9.44. The molecule has 28 N–H and O–H groups in total. The number of oxime groups is 1. The van der Waals surface area contributed by atoms with E-state index in [1.54, 1.807) is 9.80 Å². The summed E-state index contributed by atoms with van der Waals surface area (Å²) in [7, 11) is 0. The van der Waals surface area contributed by atoms with E-state index >= 15 is 0 Å². The molecule has 6 aliphatic carbocycles. The Balaban J connectivity index is 0.000000428. The third kappa shape index (κ3) is 35.5. The normalized spacial score (nSPS) is 28.9. The zero-order valence-electron chi connectivity index (χ0n) is 46.1. The van der Waals surface area contributed by atoms with E-state index < -0.39 is 0 Å². The smallest absolute Gasteiger partial charge is 0.314 e. The number of primary amides is 3. The molecule has 5 amide bonds. The minimum absolute atomic E-state index is 0.0137. The van der Waals surface area contributed by atoms with Crippen LogP contribution in [0.4, 0.5) is 9.59 Å². The SMILES string of the molecule is NC(=O)C1CC(N)C1.NC(=O)N1CCC(N)C1.NC(=O)N1CCC(N)CC1.NC1CCC(=NO)CC1.NC1CCC(=O)CC1.NC1CCC([N+](N)=O)CC1.NC1CCCC(O)C1.NC1CCCCC1.NC1CCOCC1. The maximum atomic E-state index is 10.6. The third-order valence-corrected chi connectivity index (χ3v) is 15.0. The Morgan fingerprint density at radius 3 is 1.25 bits per heavy atom. The van der Waals surface area contributed by atoms with Crippen molar-refractivity contribution in [3.05, 3.63) is 4.91 Å². The number of urea groups is 2. The molecular weight excluding hydrogens is 979 g/mol. The highest BCUT2D eigenvalue weighted by Crippen LogP contribution is 2.24. The average Bonchev–Trinajstić information content (AvgIpc) is 3.83. The van der Waals surface area contributed by atoms with Crippen molar-refractivity contribution >= 4 is 29.5 Å². The quantitative estimate of drug-likeness (QED) is 0.0776. The number of aliphatic hydroxyl groups excluding tert-OH is 1. The number of ether oxygens (including phenoxy) is 1. The number of rotatable bonds is 2. The summed E-state index contributed by atoms with van der Waals surface area (Å²) >= 11 is 0. The predicted molar refractivity (Wildman–Crippen MR) is 299 cm³/mol. The van der Waals surface area contributed by atoms with Crippen molar-refractivity contribution in [3.8, 4) is 0 Å². The number of hydrogen-bond donors (Lipinski definition) is 15. The van der Waals surface area contributed by atoms with Gasteiger partial charge in [0.05, 0.1) is 16.7 Å². The molecule has 9 rings (SSSR count). The van der Waals surface area contributed by atoms with Gasteiger partial charge in [0.1, 0.15) is 10.7 Å². The standard InChI is InChI=1S/C6H13N3O.C6H14N3O.C6H12N2O.C6H11NO.C6H13NO.C6H13N.C5H11N3O.C5H10N2O.C5H11NO/c7-5-1-3-9(4-2-5)6(8)10;7-5-1-3-6(4-2-5)9(8)10;7-5-1-3-6(8-9)4-2-5;7-5-1-3-6(8)4-2-5;7-5-2-1-3-6(8)4-5;7-6-4-2-1-3-5-6;6-4-1-2-8(3-4)5(7)9;6-4-1-3(2-4)5(7)8;6-5-1-3-7-4-2-5/h5H,1-4,7H2,(H2,8,10);5-6H,1-4,7H2,(H2,8,10);5,9H,1-4,7H2;5H,1-4,7H2;5-6,8H,1-4,7H2;6H,1-5,7H2;4H,1-3,6H2,(H2,7,9);3-4H,1-2,6H2,(H2,7,8);5H,1-4,6H2/q;+1;;;;;;;. The molecule has 3 aliphatic heterocycles. The van der Waals surface area contributed by atoms with E-state index in [-0.39, 0.29) is 66.2 Å². The van der Waals surface area contributed by atoms with Crippen LogP contribution in [0, 0.1) is 10.8 Å². The summed E-state index contributed by atoms with van der Waals surface area (Å²) in [5, 5.41) is 20.5. The number of likely N-dealkylation sites (tertiary alicyclic amines) is 2. The monoisotopic (exact) mass is 1090 g/mol. The number of carbonyl (C=O) groups is 4. The minimum Gasteiger partial charge on any atom is -0.411 e. The molecule has 3 heterocycles. The molecule has 25 nitrogen and oxygen atoms in total. The molecule has 3 unspecified atom stereocenters. The molecule has 3 atom stereocenters. The van der Waals surface area contributed by atoms with E-state index in [0.717, 1.165) is 173 Å². The van der Waals surface area contributed by atoms with Gasteiger partial charge in [0, 0.05) is 125 Å². The number of hydrazine groups is 1. The fourth-order valence-electron chi connectivity index (χ4n) is 9.44. The summed E-state index contributed by atoms with van der Waals surface area (Å²) in [5.41, 5.74) is 66.0. The average molecular weight is 1090 g/mol. The Labute approximate surface area is 453 Å². The third-order valence-electron chi connectivity index (χ3n) is 15.0. The lowest BCUT2D eigenvalue weighted by molar-refractivity contribution is -0.600. The van der Waals surface area contributed by atoms with E-state index in [1.165, 1.54) is 32.1 Å². The van der Waals surface area contributed by atoms with Gasteiger partial charge >= 0.3 is 12.1 Å². The second-order valence-electron chi connectivity index (χ2n) is 22.1. The van der Waals surface area contributed by atoms with Crippen LogP contribution in [0.25, 0.3) is 0 Å². The van der Waals surface area contributed by atoms with Crippen LogP contribution >= 0.6 is 0 Å². The van der Waals surface area contributed by atoms with Crippen molar-refractivity contribution in [1.29, 1.82) is 0 Å². The van der Waals surface area contributed by atoms with Crippen molar-refractivity contribution < 1.29 is 39.1 Å². The Morgan fingerprint density at radius 1 is 0.500 bits per heavy atom. The van der Waals surface area contributed by atoms with Crippen molar-refractivity contribution in [2.45, 2.75) is 246 Å². The number of amides is 5. The Hall–Kier alpha value is -3.89. The van der Waals surface area contributed by atoms with Crippen molar-refractivity contribution in [2.75, 3.05) is 39.4 Å². The number of nitrogens with two attached hydrogens (primary N) is 13. The van der Waals surface area contributed by atoms with Gasteiger partial charge in [-0.15, -0.1) is 0 Å². The first-order valence-corrected chi connectivity index (χ1v) is 28.4. The number of Topliss-reactive ketones (excluding diaryl/α,β-unsaturated/α-hetero) is 1. The maximum absolute atomic E-state index is 10.6. The van der Waals surface area contributed by atoms with Gasteiger partial charge in [-0.1, -0.05) is 24.4 Å². The summed E-state index contributed by atoms with van der Waals surface area (Å²) in [5.74, 6) is 5.30. The van der Waals surface area contributed by atoms with Gasteiger partial charge in [-0.3, -0.25) is 9.59 Å². The molecule has 0 aromatic rings. The Bertz CT molecular complexity index is 1530. The van der Waals surface area contributed by atoms with E-state index in [9.17, 15) is 24.1 Å². The summed E-state index contributed by atoms with van der Waals surface area (Å²) in [6.45, 7) is 4.50. The molecule has 0 aromatic carbocycles. The number of piperidine rings is 1. The maximum Gasteiger partial charge on any atom is 0.314 e. The lowest BCUT2D eigenvalue weighted by atomic mass is 9.80. The molecule has 0 aromatic heterocycles. The van der Waals surface area contributed by atoms with Gasteiger partial charge in [0.2, 0.25) is 11.9 Å². The number of ketones is 1. The highest BCUT2D eigenvalue weighted by molar-refractivity contribution is 5.84. The molecule has 76 heavy (non-hydrogen) atoms. The van der Waals surface area contributed by atoms with E-state index in [2.05, 4.69) is 5.16 Å². The molecule has 0 spiro atoms. The zero-order chi connectivity index (χ0) is 57.0. The number of aliphatic hydroxyl groups is 1. The zero-order valence-corrected chi connectivity index (χ0v) is 46.1. The van der Waals surface area contributed by atoms with Gasteiger partial charge in [0.15, 0.2) is 0 Å². The molecule has 6 saturated carbocycles. The lowest BCUT2D eigenvalue weighted by Gasteiger charge is -2.29. The molecule has 3 saturated heterocycles. The van der Waals surface area contributed by atoms with Crippen LogP contribution in [-0.2, 0) is 14.3 Å². The van der Waals surface area contributed by atoms with Gasteiger partial charge in [-0.05, 0) is 135 Å². The largest absolute Gasteiger partial charge is 0.411 e. The van der Waals surface area contributed by atoms with E-state index in [1.807, 2.05) is 0 Å². The van der Waals surface area contributed by atoms with Crippen LogP contribution < -0.4 is 74.6 Å². The summed E-state index contributed by atoms with van der Waals surface area (Å²) in [6, 6.07) is 2.08. The summed E-state index contributed by atoms with van der Waals surface area (Å²) in [6.07, 6.45) is 27.3. The summed E-state index contributed by atoms with van der Waals surface area (Å²) < 4.78 is 5.06. The highest BCUT2D eigenvalue weighted by atomic mass is 16.5. The first kappa shape index (κ1) is 70.1. The molecule has 25 heteroatoms. The van der Waals surface area contributed by atoms with E-state index in [4.69, 9.17) is 89.7 Å². The molecule has 0 radical (unpaired) electrons. The van der Waals surface area contributed by atoms with Crippen molar-refractivity contribution in [3.63, 3.8) is 0 Å². The molecule has 444 valence electrons. The molecule has 9 aliphatic rings. The predicted octanol–water partition coefficient (Wildman–Crippen LogP) is 0.529. The minimum atomic E-state index is -0.358. The first-order chi connectivity index (χ1) is 36.0. The first-order valence-electron chi connectivity index (χ1n) is 28.4. The number of carbonyl (C=O) groups excluding carboxylic acids is 4. The summed E-state index contributed by atoms with van der Waals surface area (Å²) in [4.78, 5) is 56.2. The van der Waals surface area contributed by atoms with Crippen LogP contribution in [0.1, 0.15) is 180 Å². The van der Waals surface area contributed by atoms with Crippen molar-refractivity contribution in [1.82, 2.24) is 9.80 Å². The number of hydrogen-bond acceptors (Lipinski definition) is 18. The van der Waals surface area contributed by atoms with Crippen LogP contribution in [0.15, 0.2) is 5.16 Å². The fraction of sp³-hybridized carbons (Fsp3) is 0.902. The van der Waals surface area contributed by atoms with Crippen LogP contribution in [-0.4, -0.2) is 160 Å². The molecule has 0 bridgehead atoms. The van der Waals surface area contributed by atoms with Gasteiger partial charge < -0.3 is 93.7 Å². The Kier molecular flexibility index (Phi) is 38.0. The van der Waals surface area contributed by atoms with Gasteiger partial charge in [-0.25, -0.2) is 9.59 Å². The highest BCUT2D eigenvalue weighted by Gasteiger charge is 2.30. The van der Waals surface area contributed by atoms with Gasteiger partial charge in [-0.2, -0.15) is 5.84 Å². The lowest BCUT2D eigenvalue weighted by Crippen LogP contribution is -2.45. The van der Waals surface area contributed by atoms with Crippen LogP contribution in [0.5, 0.6) is 0 Å². The second-order valence-corrected chi connectivity index (χ2v) is 22.1. The van der Waals surface area contributed by atoms with E-state index in [0.29, 0.717) is 54.2 Å². The van der Waals surface area contributed by atoms with Gasteiger partial charge in [0.25, 0.3) is 0 Å². The number of nitroso groups, excluding NO2 is 1. The molecule has 9 fully saturated rings. The Morgan fingerprint density at radius 2 is 0.934 bits per heavy atom. The van der Waals surface area contributed by atoms with Crippen molar-refractivity contribution in [2.24, 2.45) is 85.7 Å². The topological polar surface area (TPSA) is 495 Å². The number of nitrogens with zero attached hydrogens (tertiary/aromatic N) is 4. The van der Waals surface area contributed by atoms with Crippen LogP contribution in [0.3, 0.4) is 0 Å². The second kappa shape index (κ2) is 41.2. The molecular formula is C51H108N17O8+. The van der Waals surface area contributed by atoms with Crippen LogP contribution in [0.2, 0.25) is 0 Å².